The molecule has 5 nitrogen and oxygen atoms in total. The van der Waals surface area contributed by atoms with Crippen LogP contribution in [0, 0.1) is 0 Å². The first kappa shape index (κ1) is 15.9. The lowest BCUT2D eigenvalue weighted by Gasteiger charge is -2.13. The minimum atomic E-state index is -4.44. The number of alkyl halides is 3. The van der Waals surface area contributed by atoms with Gasteiger partial charge in [-0.2, -0.15) is 18.2 Å². The van der Waals surface area contributed by atoms with Gasteiger partial charge in [-0.1, -0.05) is 12.1 Å². The van der Waals surface area contributed by atoms with E-state index in [9.17, 15) is 13.2 Å². The molecule has 0 fully saturated rings. The van der Waals surface area contributed by atoms with Crippen molar-refractivity contribution in [1.82, 2.24) is 9.97 Å². The highest BCUT2D eigenvalue weighted by atomic mass is 19.4. The van der Waals surface area contributed by atoms with E-state index in [0.29, 0.717) is 11.8 Å². The van der Waals surface area contributed by atoms with Crippen molar-refractivity contribution in [3.63, 3.8) is 0 Å². The number of anilines is 1. The molecule has 22 heavy (non-hydrogen) atoms. The summed E-state index contributed by atoms with van der Waals surface area (Å²) in [7, 11) is 1.48. The number of para-hydroxylation sites is 1. The molecule has 0 saturated heterocycles. The molecule has 0 aliphatic carbocycles. The van der Waals surface area contributed by atoms with Gasteiger partial charge in [0.25, 0.3) is 0 Å². The molecule has 0 aliphatic rings. The lowest BCUT2D eigenvalue weighted by atomic mass is 10.2. The molecule has 0 bridgehead atoms. The van der Waals surface area contributed by atoms with Crippen LogP contribution in [0.15, 0.2) is 36.5 Å². The molecule has 1 aromatic heterocycles. The minimum Gasteiger partial charge on any atom is -0.491 e. The number of hydrogen-bond acceptors (Lipinski definition) is 5. The summed E-state index contributed by atoms with van der Waals surface area (Å²) >= 11 is 0. The molecule has 2 aromatic rings. The van der Waals surface area contributed by atoms with Crippen LogP contribution < -0.4 is 14.8 Å². The SMILES string of the molecule is COc1ccnc(NCCOc2ccccc2C(F)(F)F)n1. The smallest absolute Gasteiger partial charge is 0.419 e. The fraction of sp³-hybridized carbons (Fsp3) is 0.286. The number of hydrogen-bond donors (Lipinski definition) is 1. The second-order valence-corrected chi connectivity index (χ2v) is 4.19. The largest absolute Gasteiger partial charge is 0.491 e. The molecule has 1 N–H and O–H groups in total. The van der Waals surface area contributed by atoms with Crippen molar-refractivity contribution in [1.29, 1.82) is 0 Å². The minimum absolute atomic E-state index is 0.0354. The zero-order valence-electron chi connectivity index (χ0n) is 11.7. The molecule has 0 aliphatic heterocycles. The van der Waals surface area contributed by atoms with Crippen molar-refractivity contribution in [3.05, 3.63) is 42.1 Å². The second-order valence-electron chi connectivity index (χ2n) is 4.19. The van der Waals surface area contributed by atoms with Crippen molar-refractivity contribution in [3.8, 4) is 11.6 Å². The number of nitrogens with zero attached hydrogens (tertiary/aromatic N) is 2. The van der Waals surface area contributed by atoms with Gasteiger partial charge >= 0.3 is 6.18 Å². The first-order valence-corrected chi connectivity index (χ1v) is 6.40. The summed E-state index contributed by atoms with van der Waals surface area (Å²) in [5, 5.41) is 2.84. The van der Waals surface area contributed by atoms with Gasteiger partial charge in [0.05, 0.1) is 19.2 Å². The molecular formula is C14H14F3N3O2. The Bertz CT molecular complexity index is 620. The average Bonchev–Trinajstić information content (AvgIpc) is 2.51. The van der Waals surface area contributed by atoms with E-state index in [4.69, 9.17) is 9.47 Å². The van der Waals surface area contributed by atoms with Gasteiger partial charge in [0.15, 0.2) is 0 Å². The lowest BCUT2D eigenvalue weighted by molar-refractivity contribution is -0.138. The number of rotatable bonds is 6. The predicted molar refractivity (Wildman–Crippen MR) is 74.0 cm³/mol. The lowest BCUT2D eigenvalue weighted by Crippen LogP contribution is -2.15. The molecule has 8 heteroatoms. The van der Waals surface area contributed by atoms with E-state index in [1.807, 2.05) is 0 Å². The van der Waals surface area contributed by atoms with E-state index in [0.717, 1.165) is 6.07 Å². The summed E-state index contributed by atoms with van der Waals surface area (Å²) in [5.74, 6) is 0.497. The van der Waals surface area contributed by atoms with Gasteiger partial charge in [-0.15, -0.1) is 0 Å². The Kier molecular flexibility index (Phi) is 5.03. The highest BCUT2D eigenvalue weighted by Gasteiger charge is 2.33. The quantitative estimate of drug-likeness (QED) is 0.831. The third kappa shape index (κ3) is 4.24. The van der Waals surface area contributed by atoms with Gasteiger partial charge < -0.3 is 14.8 Å². The monoisotopic (exact) mass is 313 g/mol. The maximum absolute atomic E-state index is 12.8. The second kappa shape index (κ2) is 6.97. The summed E-state index contributed by atoms with van der Waals surface area (Å²) in [6, 6.07) is 6.65. The Morgan fingerprint density at radius 2 is 1.95 bits per heavy atom. The van der Waals surface area contributed by atoms with Crippen LogP contribution >= 0.6 is 0 Å². The molecule has 0 radical (unpaired) electrons. The number of aromatic nitrogens is 2. The van der Waals surface area contributed by atoms with Crippen molar-refractivity contribution in [2.24, 2.45) is 0 Å². The maximum Gasteiger partial charge on any atom is 0.419 e. The van der Waals surface area contributed by atoms with Crippen LogP contribution in [-0.2, 0) is 6.18 Å². The number of nitrogens with one attached hydrogen (secondary N) is 1. The van der Waals surface area contributed by atoms with Crippen molar-refractivity contribution in [2.45, 2.75) is 6.18 Å². The zero-order valence-corrected chi connectivity index (χ0v) is 11.7. The van der Waals surface area contributed by atoms with Crippen LogP contribution in [0.4, 0.5) is 19.1 Å². The normalized spacial score (nSPS) is 11.1. The molecule has 1 heterocycles. The van der Waals surface area contributed by atoms with E-state index < -0.39 is 11.7 Å². The summed E-state index contributed by atoms with van der Waals surface area (Å²) in [6.45, 7) is 0.285. The summed E-state index contributed by atoms with van der Waals surface area (Å²) in [5.41, 5.74) is -0.798. The highest BCUT2D eigenvalue weighted by Crippen LogP contribution is 2.35. The third-order valence-corrected chi connectivity index (χ3v) is 2.67. The van der Waals surface area contributed by atoms with E-state index in [1.165, 1.54) is 31.5 Å². The molecule has 0 atom stereocenters. The Morgan fingerprint density at radius 3 is 2.68 bits per heavy atom. The summed E-state index contributed by atoms with van der Waals surface area (Å²) in [4.78, 5) is 7.96. The van der Waals surface area contributed by atoms with Crippen molar-refractivity contribution < 1.29 is 22.6 Å². The van der Waals surface area contributed by atoms with Gasteiger partial charge in [0.1, 0.15) is 12.4 Å². The summed E-state index contributed by atoms with van der Waals surface area (Å²) in [6.07, 6.45) is -2.94. The fourth-order valence-electron chi connectivity index (χ4n) is 1.69. The van der Waals surface area contributed by atoms with Gasteiger partial charge in [0.2, 0.25) is 11.8 Å². The number of ether oxygens (including phenoxy) is 2. The van der Waals surface area contributed by atoms with E-state index in [-0.39, 0.29) is 18.9 Å². The topological polar surface area (TPSA) is 56.3 Å². The van der Waals surface area contributed by atoms with Gasteiger partial charge in [-0.25, -0.2) is 4.98 Å². The van der Waals surface area contributed by atoms with Gasteiger partial charge in [0, 0.05) is 12.3 Å². The molecule has 1 aromatic carbocycles. The molecule has 0 spiro atoms. The van der Waals surface area contributed by atoms with E-state index in [2.05, 4.69) is 15.3 Å². The first-order valence-electron chi connectivity index (χ1n) is 6.40. The predicted octanol–water partition coefficient (Wildman–Crippen LogP) is 2.99. The molecule has 2 rings (SSSR count). The standard InChI is InChI=1S/C14H14F3N3O2/c1-21-12-6-7-18-13(20-12)19-8-9-22-11-5-3-2-4-10(11)14(15,16)17/h2-7H,8-9H2,1H3,(H,18,19,20). The van der Waals surface area contributed by atoms with Crippen LogP contribution in [0.25, 0.3) is 0 Å². The highest BCUT2D eigenvalue weighted by molar-refractivity contribution is 5.35. The van der Waals surface area contributed by atoms with Crippen molar-refractivity contribution in [2.75, 3.05) is 25.6 Å². The fourth-order valence-corrected chi connectivity index (χ4v) is 1.69. The third-order valence-electron chi connectivity index (χ3n) is 2.67. The van der Waals surface area contributed by atoms with Crippen LogP contribution in [-0.4, -0.2) is 30.2 Å². The Balaban J connectivity index is 1.89. The van der Waals surface area contributed by atoms with Crippen molar-refractivity contribution >= 4 is 5.95 Å². The Morgan fingerprint density at radius 1 is 1.18 bits per heavy atom. The van der Waals surface area contributed by atoms with E-state index >= 15 is 0 Å². The molecular weight excluding hydrogens is 299 g/mol. The Hall–Kier alpha value is -2.51. The molecule has 0 saturated carbocycles. The molecule has 0 amide bonds. The van der Waals surface area contributed by atoms with Gasteiger partial charge in [-0.05, 0) is 12.1 Å². The zero-order chi connectivity index (χ0) is 16.0. The van der Waals surface area contributed by atoms with Crippen LogP contribution in [0.1, 0.15) is 5.56 Å². The molecule has 118 valence electrons. The van der Waals surface area contributed by atoms with Crippen LogP contribution in [0.3, 0.4) is 0 Å². The van der Waals surface area contributed by atoms with Gasteiger partial charge in [-0.3, -0.25) is 0 Å². The van der Waals surface area contributed by atoms with Crippen LogP contribution in [0.2, 0.25) is 0 Å². The van der Waals surface area contributed by atoms with Crippen LogP contribution in [0.5, 0.6) is 11.6 Å². The number of methoxy groups -OCH3 is 1. The number of halogens is 3. The summed E-state index contributed by atoms with van der Waals surface area (Å²) < 4.78 is 48.4. The van der Waals surface area contributed by atoms with E-state index in [1.54, 1.807) is 6.07 Å². The first-order chi connectivity index (χ1) is 10.5. The molecule has 0 unspecified atom stereocenters. The maximum atomic E-state index is 12.8. The average molecular weight is 313 g/mol. The Labute approximate surface area is 125 Å². The number of benzene rings is 1.